The molecule has 138 valence electrons. The first-order chi connectivity index (χ1) is 14.2. The van der Waals surface area contributed by atoms with Crippen LogP contribution in [0.5, 0.6) is 0 Å². The number of rotatable bonds is 1. The maximum atomic E-state index is 6.52. The van der Waals surface area contributed by atoms with Gasteiger partial charge in [-0.1, -0.05) is 54.6 Å². The van der Waals surface area contributed by atoms with Crippen molar-refractivity contribution >= 4 is 43.5 Å². The number of hydrogen-bond acceptors (Lipinski definition) is 1. The average molecular weight is 374 g/mol. The quantitative estimate of drug-likeness (QED) is 0.293. The first-order valence-corrected chi connectivity index (χ1v) is 9.93. The first kappa shape index (κ1) is 16.3. The molecule has 0 aliphatic carbocycles. The second kappa shape index (κ2) is 5.92. The topological polar surface area (TPSA) is 17.0 Å². The number of fused-ring (bicyclic) bond motifs is 5. The maximum absolute atomic E-state index is 6.52. The van der Waals surface area contributed by atoms with Gasteiger partial charge in [0.25, 0.3) is 0 Å². The molecule has 0 aliphatic heterocycles. The maximum Gasteiger partial charge on any atom is 0.224 e. The fourth-order valence-corrected chi connectivity index (χ4v) is 4.54. The van der Waals surface area contributed by atoms with Crippen molar-refractivity contribution < 1.29 is 8.98 Å². The van der Waals surface area contributed by atoms with Gasteiger partial charge in [-0.3, -0.25) is 0 Å². The zero-order valence-electron chi connectivity index (χ0n) is 16.4. The molecule has 2 heterocycles. The van der Waals surface area contributed by atoms with Gasteiger partial charge < -0.3 is 4.42 Å². The van der Waals surface area contributed by atoms with Crippen LogP contribution in [0.25, 0.3) is 54.7 Å². The van der Waals surface area contributed by atoms with Crippen molar-refractivity contribution in [2.24, 2.45) is 7.05 Å². The van der Waals surface area contributed by atoms with Crippen LogP contribution in [0.1, 0.15) is 5.56 Å². The normalized spacial score (nSPS) is 11.8. The molecule has 0 bridgehead atoms. The SMILES string of the molecule is Cc1ccc2c(oc3cc4ccccc4cc32)c1-c1c2ccccc2cc[n+]1C. The molecule has 0 atom stereocenters. The predicted molar refractivity (Wildman–Crippen MR) is 120 cm³/mol. The molecule has 4 aromatic carbocycles. The number of pyridine rings is 1. The van der Waals surface area contributed by atoms with E-state index in [2.05, 4.69) is 104 Å². The molecule has 6 rings (SSSR count). The van der Waals surface area contributed by atoms with Crippen LogP contribution >= 0.6 is 0 Å². The Morgan fingerprint density at radius 3 is 2.24 bits per heavy atom. The lowest BCUT2D eigenvalue weighted by atomic mass is 9.97. The van der Waals surface area contributed by atoms with Gasteiger partial charge in [0.15, 0.2) is 6.20 Å². The summed E-state index contributed by atoms with van der Waals surface area (Å²) >= 11 is 0. The van der Waals surface area contributed by atoms with E-state index in [9.17, 15) is 0 Å². The number of nitrogens with zero attached hydrogens (tertiary/aromatic N) is 1. The number of aryl methyl sites for hydroxylation is 2. The molecule has 0 spiro atoms. The molecule has 0 amide bonds. The smallest absolute Gasteiger partial charge is 0.224 e. The van der Waals surface area contributed by atoms with Crippen LogP contribution in [0.2, 0.25) is 0 Å². The third kappa shape index (κ3) is 2.32. The van der Waals surface area contributed by atoms with E-state index in [-0.39, 0.29) is 0 Å². The van der Waals surface area contributed by atoms with E-state index in [1.807, 2.05) is 0 Å². The second-order valence-electron chi connectivity index (χ2n) is 7.79. The van der Waals surface area contributed by atoms with Crippen molar-refractivity contribution in [3.8, 4) is 11.3 Å². The largest absolute Gasteiger partial charge is 0.455 e. The molecule has 29 heavy (non-hydrogen) atoms. The Kier molecular flexibility index (Phi) is 3.33. The molecule has 0 N–H and O–H groups in total. The van der Waals surface area contributed by atoms with E-state index in [4.69, 9.17) is 4.42 Å². The van der Waals surface area contributed by atoms with Crippen molar-refractivity contribution in [3.05, 3.63) is 90.6 Å². The van der Waals surface area contributed by atoms with Crippen LogP contribution in [-0.4, -0.2) is 0 Å². The van der Waals surface area contributed by atoms with Crippen molar-refractivity contribution in [1.82, 2.24) is 0 Å². The van der Waals surface area contributed by atoms with Crippen molar-refractivity contribution in [2.45, 2.75) is 6.92 Å². The van der Waals surface area contributed by atoms with Crippen molar-refractivity contribution in [1.29, 1.82) is 0 Å². The molecule has 0 fully saturated rings. The highest BCUT2D eigenvalue weighted by Crippen LogP contribution is 2.40. The highest BCUT2D eigenvalue weighted by molar-refractivity contribution is 6.14. The van der Waals surface area contributed by atoms with E-state index >= 15 is 0 Å². The third-order valence-corrected chi connectivity index (χ3v) is 6.00. The Morgan fingerprint density at radius 2 is 1.41 bits per heavy atom. The van der Waals surface area contributed by atoms with Crippen LogP contribution < -0.4 is 4.57 Å². The Bertz CT molecular complexity index is 1570. The molecule has 6 aromatic rings. The van der Waals surface area contributed by atoms with Crippen molar-refractivity contribution in [3.63, 3.8) is 0 Å². The minimum atomic E-state index is 0.938. The summed E-state index contributed by atoms with van der Waals surface area (Å²) in [5.41, 5.74) is 5.47. The minimum absolute atomic E-state index is 0.938. The van der Waals surface area contributed by atoms with E-state index < -0.39 is 0 Å². The second-order valence-corrected chi connectivity index (χ2v) is 7.79. The van der Waals surface area contributed by atoms with E-state index in [1.165, 1.54) is 49.1 Å². The summed E-state index contributed by atoms with van der Waals surface area (Å²) in [4.78, 5) is 0. The Hall–Kier alpha value is -3.65. The molecular formula is C27H20NO+. The van der Waals surface area contributed by atoms with Gasteiger partial charge in [0.05, 0.1) is 10.9 Å². The lowest BCUT2D eigenvalue weighted by Crippen LogP contribution is -2.30. The van der Waals surface area contributed by atoms with E-state index in [1.54, 1.807) is 0 Å². The van der Waals surface area contributed by atoms with Crippen LogP contribution in [0.15, 0.2) is 89.5 Å². The minimum Gasteiger partial charge on any atom is -0.455 e. The number of furan rings is 1. The predicted octanol–water partition coefficient (Wildman–Crippen LogP) is 6.69. The molecule has 0 radical (unpaired) electrons. The van der Waals surface area contributed by atoms with Gasteiger partial charge in [0, 0.05) is 16.8 Å². The molecule has 0 saturated heterocycles. The Labute approximate surface area is 168 Å². The lowest BCUT2D eigenvalue weighted by Gasteiger charge is -2.08. The molecule has 0 unspecified atom stereocenters. The highest BCUT2D eigenvalue weighted by atomic mass is 16.3. The lowest BCUT2D eigenvalue weighted by molar-refractivity contribution is -0.659. The summed E-state index contributed by atoms with van der Waals surface area (Å²) in [6, 6.07) is 28.0. The standard InChI is InChI=1S/C27H20NO/c1-17-11-12-22-23-15-19-8-3-4-9-20(19)16-24(23)29-27(22)25(17)26-21-10-6-5-7-18(21)13-14-28(26)2/h3-16H,1-2H3/q+1. The van der Waals surface area contributed by atoms with Gasteiger partial charge >= 0.3 is 0 Å². The van der Waals surface area contributed by atoms with Gasteiger partial charge in [0.2, 0.25) is 5.69 Å². The van der Waals surface area contributed by atoms with E-state index in [0.717, 1.165) is 11.2 Å². The summed E-state index contributed by atoms with van der Waals surface area (Å²) in [5, 5.41) is 7.24. The van der Waals surface area contributed by atoms with Gasteiger partial charge in [-0.2, -0.15) is 0 Å². The summed E-state index contributed by atoms with van der Waals surface area (Å²) in [7, 11) is 2.11. The van der Waals surface area contributed by atoms with Crippen LogP contribution in [0.4, 0.5) is 0 Å². The number of aromatic nitrogens is 1. The van der Waals surface area contributed by atoms with Crippen LogP contribution in [0, 0.1) is 6.92 Å². The van der Waals surface area contributed by atoms with E-state index in [0.29, 0.717) is 0 Å². The fourth-order valence-electron chi connectivity index (χ4n) is 4.54. The summed E-state index contributed by atoms with van der Waals surface area (Å²) < 4.78 is 8.72. The summed E-state index contributed by atoms with van der Waals surface area (Å²) in [6.45, 7) is 2.17. The van der Waals surface area contributed by atoms with Gasteiger partial charge in [-0.15, -0.1) is 0 Å². The van der Waals surface area contributed by atoms with Gasteiger partial charge in [-0.25, -0.2) is 4.57 Å². The zero-order chi connectivity index (χ0) is 19.5. The molecule has 0 aliphatic rings. The number of benzene rings is 4. The monoisotopic (exact) mass is 374 g/mol. The molecule has 0 saturated carbocycles. The first-order valence-electron chi connectivity index (χ1n) is 9.93. The van der Waals surface area contributed by atoms with Crippen molar-refractivity contribution in [2.75, 3.05) is 0 Å². The van der Waals surface area contributed by atoms with Crippen LogP contribution in [-0.2, 0) is 7.05 Å². The highest BCUT2D eigenvalue weighted by Gasteiger charge is 2.23. The summed E-state index contributed by atoms with van der Waals surface area (Å²) in [6.07, 6.45) is 2.13. The van der Waals surface area contributed by atoms with Gasteiger partial charge in [0.1, 0.15) is 18.2 Å². The summed E-state index contributed by atoms with van der Waals surface area (Å²) in [5.74, 6) is 0. The Balaban J connectivity index is 1.79. The third-order valence-electron chi connectivity index (χ3n) is 6.00. The zero-order valence-corrected chi connectivity index (χ0v) is 16.4. The molecular weight excluding hydrogens is 354 g/mol. The number of hydrogen-bond donors (Lipinski definition) is 0. The molecule has 2 heteroatoms. The average Bonchev–Trinajstić information content (AvgIpc) is 3.10. The fraction of sp³-hybridized carbons (Fsp3) is 0.0741. The molecule has 2 nitrogen and oxygen atoms in total. The molecule has 2 aromatic heterocycles. The Morgan fingerprint density at radius 1 is 0.690 bits per heavy atom. The van der Waals surface area contributed by atoms with Crippen LogP contribution in [0.3, 0.4) is 0 Å². The van der Waals surface area contributed by atoms with Gasteiger partial charge in [-0.05, 0) is 46.8 Å².